The predicted molar refractivity (Wildman–Crippen MR) is 118 cm³/mol. The van der Waals surface area contributed by atoms with Crippen LogP contribution >= 0.6 is 35.7 Å². The van der Waals surface area contributed by atoms with E-state index in [1.54, 1.807) is 11.9 Å². The summed E-state index contributed by atoms with van der Waals surface area (Å²) in [5.74, 6) is 0.785. The Morgan fingerprint density at radius 2 is 1.96 bits per heavy atom. The number of ether oxygens (including phenoxy) is 1. The SMILES string of the molecule is CN=C(NCC(C)(C)SC)NC1CCCN(C(=O)OC(C)(C)C)C1.I. The van der Waals surface area contributed by atoms with E-state index in [0.29, 0.717) is 6.54 Å². The number of nitrogens with one attached hydrogen (secondary N) is 2. The number of likely N-dealkylation sites (tertiary alicyclic amines) is 1. The average molecular weight is 486 g/mol. The van der Waals surface area contributed by atoms with Crippen LogP contribution in [0.4, 0.5) is 4.79 Å². The Balaban J connectivity index is 0.00000576. The van der Waals surface area contributed by atoms with Crippen LogP contribution in [0.5, 0.6) is 0 Å². The second-order valence-corrected chi connectivity index (χ2v) is 9.31. The first kappa shape index (κ1) is 24.6. The number of carbonyl (C=O) groups is 1. The van der Waals surface area contributed by atoms with E-state index in [-0.39, 0.29) is 40.9 Å². The lowest BCUT2D eigenvalue weighted by Crippen LogP contribution is -2.54. The van der Waals surface area contributed by atoms with E-state index in [2.05, 4.69) is 35.7 Å². The topological polar surface area (TPSA) is 66.0 Å². The fourth-order valence-electron chi connectivity index (χ4n) is 2.34. The highest BCUT2D eigenvalue weighted by Gasteiger charge is 2.28. The van der Waals surface area contributed by atoms with Crippen molar-refractivity contribution in [3.63, 3.8) is 0 Å². The first-order chi connectivity index (χ1) is 11.1. The van der Waals surface area contributed by atoms with E-state index in [1.165, 1.54) is 0 Å². The Morgan fingerprint density at radius 3 is 2.48 bits per heavy atom. The van der Waals surface area contributed by atoms with Crippen molar-refractivity contribution in [2.75, 3.05) is 32.9 Å². The Labute approximate surface area is 174 Å². The van der Waals surface area contributed by atoms with Crippen LogP contribution in [0.15, 0.2) is 4.99 Å². The minimum Gasteiger partial charge on any atom is -0.444 e. The van der Waals surface area contributed by atoms with Crippen LogP contribution < -0.4 is 10.6 Å². The number of nitrogens with zero attached hydrogens (tertiary/aromatic N) is 2. The van der Waals surface area contributed by atoms with Gasteiger partial charge in [0.1, 0.15) is 5.60 Å². The Morgan fingerprint density at radius 1 is 1.32 bits per heavy atom. The van der Waals surface area contributed by atoms with Crippen molar-refractivity contribution in [2.45, 2.75) is 63.9 Å². The Bertz CT molecular complexity index is 452. The predicted octanol–water partition coefficient (Wildman–Crippen LogP) is 3.31. The molecule has 0 aromatic heterocycles. The van der Waals surface area contributed by atoms with Crippen molar-refractivity contribution in [3.8, 4) is 0 Å². The molecule has 1 saturated heterocycles. The molecule has 1 aliphatic rings. The maximum atomic E-state index is 12.2. The molecule has 0 saturated carbocycles. The van der Waals surface area contributed by atoms with Crippen molar-refractivity contribution < 1.29 is 9.53 Å². The molecule has 1 fully saturated rings. The fourth-order valence-corrected chi connectivity index (χ4v) is 2.56. The monoisotopic (exact) mass is 486 g/mol. The average Bonchev–Trinajstić information content (AvgIpc) is 2.50. The molecule has 1 rings (SSSR count). The molecule has 8 heteroatoms. The molecule has 6 nitrogen and oxygen atoms in total. The highest BCUT2D eigenvalue weighted by Crippen LogP contribution is 2.19. The summed E-state index contributed by atoms with van der Waals surface area (Å²) >= 11 is 1.82. The van der Waals surface area contributed by atoms with E-state index in [1.807, 2.05) is 32.5 Å². The summed E-state index contributed by atoms with van der Waals surface area (Å²) in [4.78, 5) is 18.3. The van der Waals surface area contributed by atoms with Gasteiger partial charge in [-0.05, 0) is 53.7 Å². The van der Waals surface area contributed by atoms with Gasteiger partial charge >= 0.3 is 6.09 Å². The van der Waals surface area contributed by atoms with E-state index in [0.717, 1.165) is 31.9 Å². The molecule has 25 heavy (non-hydrogen) atoms. The van der Waals surface area contributed by atoms with Gasteiger partial charge in [-0.15, -0.1) is 24.0 Å². The van der Waals surface area contributed by atoms with Gasteiger partial charge in [0.25, 0.3) is 0 Å². The summed E-state index contributed by atoms with van der Waals surface area (Å²) in [6.07, 6.45) is 3.86. The number of carbonyl (C=O) groups excluding carboxylic acids is 1. The standard InChI is InChI=1S/C17H34N4O2S.HI/c1-16(2,3)23-15(22)21-10-8-9-13(11-21)20-14(18-6)19-12-17(4,5)24-7;/h13H,8-12H2,1-7H3,(H2,18,19,20);1H. The number of hydrogen-bond acceptors (Lipinski definition) is 4. The molecule has 2 N–H and O–H groups in total. The number of amides is 1. The number of guanidine groups is 1. The highest BCUT2D eigenvalue weighted by molar-refractivity contribution is 14.0. The molecule has 0 spiro atoms. The molecule has 1 unspecified atom stereocenters. The maximum Gasteiger partial charge on any atom is 0.410 e. The smallest absolute Gasteiger partial charge is 0.410 e. The van der Waals surface area contributed by atoms with Gasteiger partial charge < -0.3 is 20.3 Å². The summed E-state index contributed by atoms with van der Waals surface area (Å²) in [5, 5.41) is 6.80. The van der Waals surface area contributed by atoms with Crippen LogP contribution in [0.2, 0.25) is 0 Å². The van der Waals surface area contributed by atoms with Crippen LogP contribution in [-0.2, 0) is 4.74 Å². The lowest BCUT2D eigenvalue weighted by molar-refractivity contribution is 0.0193. The fraction of sp³-hybridized carbons (Fsp3) is 0.882. The van der Waals surface area contributed by atoms with E-state index in [9.17, 15) is 4.79 Å². The number of rotatable bonds is 4. The summed E-state index contributed by atoms with van der Waals surface area (Å²) in [6, 6.07) is 0.190. The van der Waals surface area contributed by atoms with Crippen molar-refractivity contribution in [2.24, 2.45) is 4.99 Å². The summed E-state index contributed by atoms with van der Waals surface area (Å²) in [5.41, 5.74) is -0.460. The van der Waals surface area contributed by atoms with Gasteiger partial charge in [0.05, 0.1) is 0 Å². The first-order valence-corrected chi connectivity index (χ1v) is 9.79. The van der Waals surface area contributed by atoms with Crippen molar-refractivity contribution in [1.29, 1.82) is 0 Å². The zero-order valence-corrected chi connectivity index (χ0v) is 19.8. The number of thioether (sulfide) groups is 1. The lowest BCUT2D eigenvalue weighted by Gasteiger charge is -2.35. The summed E-state index contributed by atoms with van der Waals surface area (Å²) < 4.78 is 5.62. The summed E-state index contributed by atoms with van der Waals surface area (Å²) in [7, 11) is 1.77. The van der Waals surface area contributed by atoms with Crippen LogP contribution in [0.25, 0.3) is 0 Å². The third-order valence-electron chi connectivity index (χ3n) is 3.87. The molecule has 0 bridgehead atoms. The van der Waals surface area contributed by atoms with Crippen LogP contribution in [0.1, 0.15) is 47.5 Å². The molecule has 1 atom stereocenters. The largest absolute Gasteiger partial charge is 0.444 e. The van der Waals surface area contributed by atoms with E-state index >= 15 is 0 Å². The molecule has 0 radical (unpaired) electrons. The molecule has 1 heterocycles. The number of piperidine rings is 1. The zero-order chi connectivity index (χ0) is 18.4. The van der Waals surface area contributed by atoms with Gasteiger partial charge in [0, 0.05) is 37.5 Å². The molecular formula is C17H35IN4O2S. The number of halogens is 1. The quantitative estimate of drug-likeness (QED) is 0.363. The minimum atomic E-state index is -0.460. The number of aliphatic imine (C=N–C) groups is 1. The van der Waals surface area contributed by atoms with Crippen LogP contribution in [0.3, 0.4) is 0 Å². The molecule has 148 valence electrons. The maximum absolute atomic E-state index is 12.2. The van der Waals surface area contributed by atoms with Gasteiger partial charge in [-0.1, -0.05) is 0 Å². The molecular weight excluding hydrogens is 451 g/mol. The second-order valence-electron chi connectivity index (χ2n) is 7.80. The first-order valence-electron chi connectivity index (χ1n) is 8.56. The summed E-state index contributed by atoms with van der Waals surface area (Å²) in [6.45, 7) is 12.3. The van der Waals surface area contributed by atoms with Gasteiger partial charge in [-0.3, -0.25) is 4.99 Å². The van der Waals surface area contributed by atoms with Crippen molar-refractivity contribution in [3.05, 3.63) is 0 Å². The Hall–Kier alpha value is -0.380. The molecule has 0 aromatic rings. The van der Waals surface area contributed by atoms with Crippen LogP contribution in [0, 0.1) is 0 Å². The van der Waals surface area contributed by atoms with Gasteiger partial charge in [-0.25, -0.2) is 4.79 Å². The van der Waals surface area contributed by atoms with Gasteiger partial charge in [0.15, 0.2) is 5.96 Å². The van der Waals surface area contributed by atoms with Crippen molar-refractivity contribution >= 4 is 47.8 Å². The van der Waals surface area contributed by atoms with E-state index < -0.39 is 5.60 Å². The minimum absolute atomic E-state index is 0. The Kier molecular flexibility index (Phi) is 10.5. The lowest BCUT2D eigenvalue weighted by atomic mass is 10.1. The molecule has 0 aromatic carbocycles. The number of hydrogen-bond donors (Lipinski definition) is 2. The van der Waals surface area contributed by atoms with Crippen LogP contribution in [-0.4, -0.2) is 66.3 Å². The van der Waals surface area contributed by atoms with Gasteiger partial charge in [0.2, 0.25) is 0 Å². The van der Waals surface area contributed by atoms with E-state index in [4.69, 9.17) is 4.74 Å². The molecule has 0 aliphatic carbocycles. The molecule has 1 aliphatic heterocycles. The normalized spacial score (nSPS) is 19.1. The molecule has 1 amide bonds. The van der Waals surface area contributed by atoms with Gasteiger partial charge in [-0.2, -0.15) is 11.8 Å². The second kappa shape index (κ2) is 10.7. The van der Waals surface area contributed by atoms with Crippen molar-refractivity contribution in [1.82, 2.24) is 15.5 Å². The third-order valence-corrected chi connectivity index (χ3v) is 5.12. The third kappa shape index (κ3) is 9.77. The highest BCUT2D eigenvalue weighted by atomic mass is 127. The zero-order valence-electron chi connectivity index (χ0n) is 16.6.